The van der Waals surface area contributed by atoms with E-state index in [0.29, 0.717) is 6.61 Å². The number of carbonyl (C=O) groups excluding carboxylic acids is 1. The highest BCUT2D eigenvalue weighted by Gasteiger charge is 2.36. The molecule has 7 nitrogen and oxygen atoms in total. The second-order valence-electron chi connectivity index (χ2n) is 9.07. The van der Waals surface area contributed by atoms with Crippen LogP contribution in [0.5, 0.6) is 5.75 Å². The number of carbonyl (C=O) groups is 1. The Morgan fingerprint density at radius 3 is 2.76 bits per heavy atom. The van der Waals surface area contributed by atoms with E-state index in [1.165, 1.54) is 11.1 Å². The number of benzene rings is 1. The Balaban J connectivity index is 1.75. The number of hydrogen-bond acceptors (Lipinski definition) is 7. The minimum Gasteiger partial charge on any atom is -0.487 e. The van der Waals surface area contributed by atoms with Gasteiger partial charge in [0, 0.05) is 54.5 Å². The summed E-state index contributed by atoms with van der Waals surface area (Å²) in [6.07, 6.45) is 4.95. The number of pyridine rings is 1. The molecule has 0 bridgehead atoms. The number of nitrogens with zero attached hydrogens (tertiary/aromatic N) is 2. The summed E-state index contributed by atoms with van der Waals surface area (Å²) in [6.45, 7) is 6.79. The quantitative estimate of drug-likeness (QED) is 0.483. The summed E-state index contributed by atoms with van der Waals surface area (Å²) >= 11 is 1.56. The zero-order chi connectivity index (χ0) is 24.0. The average Bonchev–Trinajstić information content (AvgIpc) is 3.48. The number of rotatable bonds is 6. The van der Waals surface area contributed by atoms with E-state index in [1.807, 2.05) is 5.38 Å². The van der Waals surface area contributed by atoms with Gasteiger partial charge in [0.25, 0.3) is 0 Å². The van der Waals surface area contributed by atoms with Crippen LogP contribution in [0.15, 0.2) is 34.7 Å². The van der Waals surface area contributed by atoms with Crippen LogP contribution in [0, 0.1) is 5.92 Å². The van der Waals surface area contributed by atoms with Crippen LogP contribution >= 0.6 is 11.3 Å². The van der Waals surface area contributed by atoms with E-state index >= 15 is 0 Å². The van der Waals surface area contributed by atoms with Gasteiger partial charge in [-0.05, 0) is 30.9 Å². The monoisotopic (exact) mass is 480 g/mol. The first kappa shape index (κ1) is 22.8. The van der Waals surface area contributed by atoms with Crippen LogP contribution in [-0.2, 0) is 22.3 Å². The summed E-state index contributed by atoms with van der Waals surface area (Å²) in [6, 6.07) is 3.77. The normalized spacial score (nSPS) is 18.3. The molecular formula is C26H28N2O5S. The number of thiazole rings is 1. The lowest BCUT2D eigenvalue weighted by atomic mass is 9.82. The first-order chi connectivity index (χ1) is 16.4. The van der Waals surface area contributed by atoms with Gasteiger partial charge in [0.1, 0.15) is 22.4 Å². The number of ether oxygens (including phenoxy) is 3. The molecule has 0 fully saturated rings. The molecule has 0 saturated carbocycles. The van der Waals surface area contributed by atoms with Crippen molar-refractivity contribution in [2.24, 2.45) is 5.92 Å². The predicted octanol–water partition coefficient (Wildman–Crippen LogP) is 4.52. The second kappa shape index (κ2) is 9.00. The van der Waals surface area contributed by atoms with E-state index in [-0.39, 0.29) is 35.7 Å². The summed E-state index contributed by atoms with van der Waals surface area (Å²) in [5.74, 6) is 0.581. The van der Waals surface area contributed by atoms with Gasteiger partial charge in [0.05, 0.1) is 24.5 Å². The first-order valence-corrected chi connectivity index (χ1v) is 12.5. The highest BCUT2D eigenvalue weighted by Crippen LogP contribution is 2.49. The Bertz CT molecular complexity index is 1300. The summed E-state index contributed by atoms with van der Waals surface area (Å²) in [7, 11) is 1.68. The Morgan fingerprint density at radius 2 is 2.09 bits per heavy atom. The van der Waals surface area contributed by atoms with Crippen molar-refractivity contribution in [3.8, 4) is 27.6 Å². The highest BCUT2D eigenvalue weighted by molar-refractivity contribution is 7.13. The third-order valence-electron chi connectivity index (χ3n) is 6.62. The van der Waals surface area contributed by atoms with Crippen LogP contribution in [0.1, 0.15) is 48.3 Å². The maximum atomic E-state index is 13.0. The summed E-state index contributed by atoms with van der Waals surface area (Å²) in [4.78, 5) is 30.0. The Morgan fingerprint density at radius 1 is 1.26 bits per heavy atom. The fraction of sp³-hybridized carbons (Fsp3) is 0.423. The topological polar surface area (TPSA) is 79.7 Å². The van der Waals surface area contributed by atoms with Gasteiger partial charge in [-0.3, -0.25) is 4.79 Å². The maximum absolute atomic E-state index is 13.0. The lowest BCUT2D eigenvalue weighted by Gasteiger charge is -2.34. The summed E-state index contributed by atoms with van der Waals surface area (Å²) in [5.41, 5.74) is 4.86. The van der Waals surface area contributed by atoms with Gasteiger partial charge in [-0.2, -0.15) is 0 Å². The molecular weight excluding hydrogens is 452 g/mol. The molecule has 0 radical (unpaired) electrons. The van der Waals surface area contributed by atoms with Gasteiger partial charge >= 0.3 is 5.97 Å². The van der Waals surface area contributed by atoms with Crippen LogP contribution < -0.4 is 10.2 Å². The molecule has 1 aromatic carbocycles. The molecule has 0 saturated heterocycles. The van der Waals surface area contributed by atoms with Gasteiger partial charge in [0.2, 0.25) is 0 Å². The van der Waals surface area contributed by atoms with Crippen molar-refractivity contribution in [2.75, 3.05) is 20.3 Å². The van der Waals surface area contributed by atoms with Gasteiger partial charge < -0.3 is 18.8 Å². The van der Waals surface area contributed by atoms with Crippen LogP contribution in [0.2, 0.25) is 0 Å². The van der Waals surface area contributed by atoms with Crippen molar-refractivity contribution in [1.82, 2.24) is 9.55 Å². The SMILES string of the molecule is CCOC(=O)c1cn2c(cc1=O)-c1cc(-c3nccs3)c3c(c1CC2C(C)C)CC(COC)O3. The first-order valence-electron chi connectivity index (χ1n) is 11.6. The molecule has 4 heterocycles. The van der Waals surface area contributed by atoms with Crippen LogP contribution in [0.4, 0.5) is 0 Å². The van der Waals surface area contributed by atoms with Crippen molar-refractivity contribution in [3.05, 3.63) is 56.8 Å². The Hall–Kier alpha value is -2.97. The lowest BCUT2D eigenvalue weighted by molar-refractivity contribution is 0.0523. The third kappa shape index (κ3) is 3.75. The second-order valence-corrected chi connectivity index (χ2v) is 9.97. The smallest absolute Gasteiger partial charge is 0.343 e. The van der Waals surface area contributed by atoms with E-state index in [0.717, 1.165) is 40.4 Å². The molecule has 2 aliphatic heterocycles. The molecule has 2 aromatic heterocycles. The summed E-state index contributed by atoms with van der Waals surface area (Å²) in [5, 5.41) is 2.82. The van der Waals surface area contributed by atoms with Crippen LogP contribution in [-0.4, -0.2) is 41.9 Å². The van der Waals surface area contributed by atoms with Gasteiger partial charge in [0.15, 0.2) is 5.43 Å². The Kier molecular flexibility index (Phi) is 6.04. The van der Waals surface area contributed by atoms with Crippen molar-refractivity contribution in [3.63, 3.8) is 0 Å². The van der Waals surface area contributed by atoms with E-state index in [1.54, 1.807) is 43.8 Å². The molecule has 8 heteroatoms. The van der Waals surface area contributed by atoms with Gasteiger partial charge in [-0.15, -0.1) is 11.3 Å². The fourth-order valence-electron chi connectivity index (χ4n) is 5.07. The van der Waals surface area contributed by atoms with Gasteiger partial charge in [-0.1, -0.05) is 13.8 Å². The number of fused-ring (bicyclic) bond motifs is 5. The van der Waals surface area contributed by atoms with Crippen molar-refractivity contribution in [2.45, 2.75) is 45.8 Å². The molecule has 0 spiro atoms. The minimum atomic E-state index is -0.579. The molecule has 2 aliphatic rings. The number of aromatic nitrogens is 2. The van der Waals surface area contributed by atoms with Gasteiger partial charge in [-0.25, -0.2) is 9.78 Å². The maximum Gasteiger partial charge on any atom is 0.343 e. The standard InChI is InChI=1S/C26H28N2O5S/c1-5-32-26(30)20-12-28-21(14(2)3)10-16-17(22(28)11-23(20)29)9-19(25-27-6-7-34-25)24-18(16)8-15(33-24)13-31-4/h6-7,9,11-12,14-15,21H,5,8,10,13H2,1-4H3. The molecule has 0 N–H and O–H groups in total. The third-order valence-corrected chi connectivity index (χ3v) is 7.43. The molecule has 178 valence electrons. The molecule has 0 amide bonds. The zero-order valence-corrected chi connectivity index (χ0v) is 20.6. The van der Waals surface area contributed by atoms with Crippen LogP contribution in [0.25, 0.3) is 21.8 Å². The van der Waals surface area contributed by atoms with E-state index in [9.17, 15) is 9.59 Å². The van der Waals surface area contributed by atoms with Crippen molar-refractivity contribution < 1.29 is 19.0 Å². The Labute approximate surface area is 202 Å². The average molecular weight is 481 g/mol. The fourth-order valence-corrected chi connectivity index (χ4v) is 5.72. The van der Waals surface area contributed by atoms with Crippen LogP contribution in [0.3, 0.4) is 0 Å². The van der Waals surface area contributed by atoms with E-state index in [4.69, 9.17) is 14.2 Å². The molecule has 3 aromatic rings. The molecule has 34 heavy (non-hydrogen) atoms. The van der Waals surface area contributed by atoms with Crippen molar-refractivity contribution >= 4 is 17.3 Å². The molecule has 2 unspecified atom stereocenters. The minimum absolute atomic E-state index is 0.0574. The number of methoxy groups -OCH3 is 1. The summed E-state index contributed by atoms with van der Waals surface area (Å²) < 4.78 is 19.0. The van der Waals surface area contributed by atoms with Crippen molar-refractivity contribution in [1.29, 1.82) is 0 Å². The van der Waals surface area contributed by atoms with E-state index in [2.05, 4.69) is 29.5 Å². The predicted molar refractivity (Wildman–Crippen MR) is 131 cm³/mol. The number of esters is 1. The molecule has 2 atom stereocenters. The number of hydrogen-bond donors (Lipinski definition) is 0. The molecule has 0 aliphatic carbocycles. The molecule has 5 rings (SSSR count). The lowest BCUT2D eigenvalue weighted by Crippen LogP contribution is -2.29. The highest BCUT2D eigenvalue weighted by atomic mass is 32.1. The largest absolute Gasteiger partial charge is 0.487 e. The van der Waals surface area contributed by atoms with E-state index < -0.39 is 5.97 Å². The zero-order valence-electron chi connectivity index (χ0n) is 19.8.